The lowest BCUT2D eigenvalue weighted by Gasteiger charge is -2.29. The third kappa shape index (κ3) is 5.31. The average Bonchev–Trinajstić information content (AvgIpc) is 2.90. The number of carbonyl (C=O) groups excluding carboxylic acids is 2. The zero-order valence-electron chi connectivity index (χ0n) is 12.5. The monoisotopic (exact) mass is 327 g/mol. The highest BCUT2D eigenvalue weighted by molar-refractivity contribution is 6.30. The van der Waals surface area contributed by atoms with E-state index < -0.39 is 0 Å². The predicted molar refractivity (Wildman–Crippen MR) is 83.2 cm³/mol. The van der Waals surface area contributed by atoms with Crippen molar-refractivity contribution in [2.75, 3.05) is 26.2 Å². The van der Waals surface area contributed by atoms with Crippen LogP contribution in [-0.4, -0.2) is 52.7 Å². The van der Waals surface area contributed by atoms with Gasteiger partial charge in [-0.15, -0.1) is 0 Å². The maximum atomic E-state index is 11.9. The summed E-state index contributed by atoms with van der Waals surface area (Å²) in [6.45, 7) is 3.18. The van der Waals surface area contributed by atoms with Crippen LogP contribution in [0.1, 0.15) is 19.3 Å². The van der Waals surface area contributed by atoms with Gasteiger partial charge in [0.1, 0.15) is 0 Å². The molecule has 0 radical (unpaired) electrons. The first-order chi connectivity index (χ1) is 10.5. The molecule has 8 heteroatoms. The van der Waals surface area contributed by atoms with Gasteiger partial charge in [-0.25, -0.2) is 0 Å². The maximum absolute atomic E-state index is 11.9. The number of amides is 2. The molecule has 122 valence electrons. The Morgan fingerprint density at radius 1 is 1.41 bits per heavy atom. The van der Waals surface area contributed by atoms with Crippen molar-refractivity contribution >= 4 is 23.4 Å². The molecule has 3 N–H and O–H groups in total. The summed E-state index contributed by atoms with van der Waals surface area (Å²) in [6, 6.07) is 0. The zero-order chi connectivity index (χ0) is 15.9. The summed E-state index contributed by atoms with van der Waals surface area (Å²) in [4.78, 5) is 25.0. The normalized spacial score (nSPS) is 16.6. The second-order valence-corrected chi connectivity index (χ2v) is 6.01. The number of nitrogens with two attached hydrogens (primary N) is 1. The highest BCUT2D eigenvalue weighted by Crippen LogP contribution is 2.15. The molecule has 0 atom stereocenters. The Hall–Kier alpha value is -1.60. The van der Waals surface area contributed by atoms with Crippen LogP contribution in [0, 0.1) is 5.92 Å². The molecule has 2 heterocycles. The second kappa shape index (κ2) is 8.14. The maximum Gasteiger partial charge on any atom is 0.234 e. The molecule has 0 spiro atoms. The molecular weight excluding hydrogens is 306 g/mol. The molecule has 0 aliphatic carbocycles. The van der Waals surface area contributed by atoms with Gasteiger partial charge in [-0.1, -0.05) is 11.6 Å². The Balaban J connectivity index is 1.57. The van der Waals surface area contributed by atoms with E-state index in [1.165, 1.54) is 0 Å². The standard InChI is InChI=1S/C14H22ClN5O2/c15-12-8-18-20(9-12)5-1-4-17-13(21)10-19-6-2-11(3-7-19)14(16)22/h8-9,11H,1-7,10H2,(H2,16,22)(H,17,21). The van der Waals surface area contributed by atoms with Crippen LogP contribution in [0.5, 0.6) is 0 Å². The first kappa shape index (κ1) is 16.8. The number of hydrogen-bond acceptors (Lipinski definition) is 4. The minimum absolute atomic E-state index is 0.0102. The third-order valence-corrected chi connectivity index (χ3v) is 4.04. The van der Waals surface area contributed by atoms with Crippen molar-refractivity contribution < 1.29 is 9.59 Å². The summed E-state index contributed by atoms with van der Waals surface area (Å²) >= 11 is 5.77. The molecule has 1 aromatic rings. The van der Waals surface area contributed by atoms with Gasteiger partial charge in [-0.05, 0) is 32.4 Å². The Morgan fingerprint density at radius 2 is 2.14 bits per heavy atom. The number of primary amides is 1. The molecule has 1 saturated heterocycles. The van der Waals surface area contributed by atoms with Crippen LogP contribution in [0.25, 0.3) is 0 Å². The minimum atomic E-state index is -0.233. The molecule has 1 fully saturated rings. The van der Waals surface area contributed by atoms with E-state index in [2.05, 4.69) is 15.3 Å². The number of aromatic nitrogens is 2. The number of nitrogens with zero attached hydrogens (tertiary/aromatic N) is 3. The lowest BCUT2D eigenvalue weighted by molar-refractivity contribution is -0.124. The lowest BCUT2D eigenvalue weighted by atomic mass is 9.96. The number of halogens is 1. The van der Waals surface area contributed by atoms with Gasteiger partial charge < -0.3 is 11.1 Å². The molecule has 0 aromatic carbocycles. The first-order valence-corrected chi connectivity index (χ1v) is 7.88. The van der Waals surface area contributed by atoms with Gasteiger partial charge in [0.15, 0.2) is 0 Å². The summed E-state index contributed by atoms with van der Waals surface area (Å²) in [5, 5.41) is 7.58. The fraction of sp³-hybridized carbons (Fsp3) is 0.643. The van der Waals surface area contributed by atoms with Gasteiger partial charge in [0.25, 0.3) is 0 Å². The number of piperidine rings is 1. The molecule has 0 unspecified atom stereocenters. The van der Waals surface area contributed by atoms with E-state index in [9.17, 15) is 9.59 Å². The van der Waals surface area contributed by atoms with E-state index >= 15 is 0 Å². The van der Waals surface area contributed by atoms with Gasteiger partial charge >= 0.3 is 0 Å². The summed E-state index contributed by atoms with van der Waals surface area (Å²) in [5.41, 5.74) is 5.29. The molecule has 1 aliphatic heterocycles. The first-order valence-electron chi connectivity index (χ1n) is 7.51. The molecule has 0 bridgehead atoms. The van der Waals surface area contributed by atoms with Crippen LogP contribution in [-0.2, 0) is 16.1 Å². The van der Waals surface area contributed by atoms with Crippen LogP contribution in [0.3, 0.4) is 0 Å². The molecule has 0 saturated carbocycles. The number of likely N-dealkylation sites (tertiary alicyclic amines) is 1. The van der Waals surface area contributed by atoms with E-state index in [1.807, 2.05) is 0 Å². The number of hydrogen-bond donors (Lipinski definition) is 2. The summed E-state index contributed by atoms with van der Waals surface area (Å²) in [5.74, 6) is -0.265. The fourth-order valence-electron chi connectivity index (χ4n) is 2.56. The smallest absolute Gasteiger partial charge is 0.234 e. The molecule has 2 amide bonds. The topological polar surface area (TPSA) is 93.3 Å². The molecule has 1 aromatic heterocycles. The molecule has 1 aliphatic rings. The van der Waals surface area contributed by atoms with E-state index in [0.29, 0.717) is 18.1 Å². The second-order valence-electron chi connectivity index (χ2n) is 5.58. The van der Waals surface area contributed by atoms with E-state index in [4.69, 9.17) is 17.3 Å². The van der Waals surface area contributed by atoms with Crippen LogP contribution in [0.2, 0.25) is 5.02 Å². The Labute approximate surface area is 134 Å². The molecule has 7 nitrogen and oxygen atoms in total. The highest BCUT2D eigenvalue weighted by atomic mass is 35.5. The van der Waals surface area contributed by atoms with E-state index in [0.717, 1.165) is 38.9 Å². The predicted octanol–water partition coefficient (Wildman–Crippen LogP) is 0.240. The van der Waals surface area contributed by atoms with Crippen molar-refractivity contribution in [2.45, 2.75) is 25.8 Å². The Kier molecular flexibility index (Phi) is 6.21. The molecular formula is C14H22ClN5O2. The van der Waals surface area contributed by atoms with Crippen molar-refractivity contribution in [1.29, 1.82) is 0 Å². The number of aryl methyl sites for hydroxylation is 1. The van der Waals surface area contributed by atoms with E-state index in [1.54, 1.807) is 17.1 Å². The molecule has 22 heavy (non-hydrogen) atoms. The van der Waals surface area contributed by atoms with Crippen molar-refractivity contribution in [2.24, 2.45) is 11.7 Å². The zero-order valence-corrected chi connectivity index (χ0v) is 13.3. The van der Waals surface area contributed by atoms with Crippen molar-refractivity contribution in [3.8, 4) is 0 Å². The van der Waals surface area contributed by atoms with E-state index in [-0.39, 0.29) is 17.7 Å². The molecule has 2 rings (SSSR count). The van der Waals surface area contributed by atoms with Gasteiger partial charge in [-0.2, -0.15) is 5.10 Å². The van der Waals surface area contributed by atoms with Crippen LogP contribution < -0.4 is 11.1 Å². The van der Waals surface area contributed by atoms with Gasteiger partial charge in [0.05, 0.1) is 17.8 Å². The third-order valence-electron chi connectivity index (χ3n) is 3.85. The van der Waals surface area contributed by atoms with Crippen LogP contribution in [0.15, 0.2) is 12.4 Å². The quantitative estimate of drug-likeness (QED) is 0.702. The van der Waals surface area contributed by atoms with Gasteiger partial charge in [0.2, 0.25) is 11.8 Å². The van der Waals surface area contributed by atoms with Crippen LogP contribution >= 0.6 is 11.6 Å². The largest absolute Gasteiger partial charge is 0.369 e. The highest BCUT2D eigenvalue weighted by Gasteiger charge is 2.23. The SMILES string of the molecule is NC(=O)C1CCN(CC(=O)NCCCn2cc(Cl)cn2)CC1. The number of nitrogens with one attached hydrogen (secondary N) is 1. The fourth-order valence-corrected chi connectivity index (χ4v) is 2.72. The number of carbonyl (C=O) groups is 2. The van der Waals surface area contributed by atoms with Gasteiger partial charge in [0, 0.05) is 25.2 Å². The summed E-state index contributed by atoms with van der Waals surface area (Å²) in [6.07, 6.45) is 5.63. The summed E-state index contributed by atoms with van der Waals surface area (Å²) in [7, 11) is 0. The Morgan fingerprint density at radius 3 is 2.73 bits per heavy atom. The minimum Gasteiger partial charge on any atom is -0.369 e. The van der Waals surface area contributed by atoms with Crippen molar-refractivity contribution in [3.63, 3.8) is 0 Å². The Bertz CT molecular complexity index is 511. The lowest BCUT2D eigenvalue weighted by Crippen LogP contribution is -2.43. The van der Waals surface area contributed by atoms with Crippen molar-refractivity contribution in [1.82, 2.24) is 20.0 Å². The van der Waals surface area contributed by atoms with Crippen molar-refractivity contribution in [3.05, 3.63) is 17.4 Å². The van der Waals surface area contributed by atoms with Gasteiger partial charge in [-0.3, -0.25) is 19.2 Å². The summed E-state index contributed by atoms with van der Waals surface area (Å²) < 4.78 is 1.75. The average molecular weight is 328 g/mol. The van der Waals surface area contributed by atoms with Crippen LogP contribution in [0.4, 0.5) is 0 Å². The number of rotatable bonds is 7.